The van der Waals surface area contributed by atoms with Crippen LogP contribution in [0.15, 0.2) is 12.3 Å². The summed E-state index contributed by atoms with van der Waals surface area (Å²) in [5, 5.41) is 6.98. The molecule has 25 heavy (non-hydrogen) atoms. The highest BCUT2D eigenvalue weighted by Crippen LogP contribution is 2.41. The van der Waals surface area contributed by atoms with Crippen LogP contribution in [-0.4, -0.2) is 58.3 Å². The number of nitrogens with zero attached hydrogens (tertiary/aromatic N) is 3. The smallest absolute Gasteiger partial charge is 0.269 e. The highest BCUT2D eigenvalue weighted by Gasteiger charge is 2.53. The molecule has 0 radical (unpaired) electrons. The Kier molecular flexibility index (Phi) is 5.42. The van der Waals surface area contributed by atoms with Crippen LogP contribution in [0, 0.1) is 5.92 Å². The molecular weight excluding hydrogens is 320 g/mol. The molecule has 0 saturated carbocycles. The molecule has 0 aliphatic carbocycles. The maximum Gasteiger partial charge on any atom is 0.269 e. The van der Waals surface area contributed by atoms with E-state index >= 15 is 0 Å². The first kappa shape index (κ1) is 17.9. The minimum atomic E-state index is -0.181. The maximum absolute atomic E-state index is 12.1. The zero-order valence-electron chi connectivity index (χ0n) is 15.2. The second kappa shape index (κ2) is 7.56. The molecule has 2 aliphatic heterocycles. The van der Waals surface area contributed by atoms with Crippen LogP contribution in [0.3, 0.4) is 0 Å². The minimum Gasteiger partial charge on any atom is -0.371 e. The highest BCUT2D eigenvalue weighted by atomic mass is 16.5. The summed E-state index contributed by atoms with van der Waals surface area (Å²) < 4.78 is 7.57. The van der Waals surface area contributed by atoms with Crippen LogP contribution < -0.4 is 5.32 Å². The van der Waals surface area contributed by atoms with E-state index in [2.05, 4.69) is 17.3 Å². The molecule has 1 spiro atoms. The minimum absolute atomic E-state index is 0.0991. The Morgan fingerprint density at radius 2 is 2.24 bits per heavy atom. The number of rotatable bonds is 7. The summed E-state index contributed by atoms with van der Waals surface area (Å²) in [5.41, 5.74) is 0.382. The molecule has 2 amide bonds. The molecule has 3 rings (SSSR count). The lowest BCUT2D eigenvalue weighted by Crippen LogP contribution is -2.66. The summed E-state index contributed by atoms with van der Waals surface area (Å²) in [6.45, 7) is 4.87. The van der Waals surface area contributed by atoms with Gasteiger partial charge in [0.15, 0.2) is 0 Å². The number of nitrogens with one attached hydrogen (secondary N) is 1. The first-order valence-electron chi connectivity index (χ1n) is 9.23. The molecule has 0 bridgehead atoms. The summed E-state index contributed by atoms with van der Waals surface area (Å²) in [6, 6.07) is 1.71. The quantitative estimate of drug-likeness (QED) is 0.807. The van der Waals surface area contributed by atoms with Gasteiger partial charge in [-0.05, 0) is 31.2 Å². The van der Waals surface area contributed by atoms with Crippen LogP contribution in [0.5, 0.6) is 0 Å². The third kappa shape index (κ3) is 3.71. The van der Waals surface area contributed by atoms with Gasteiger partial charge in [-0.2, -0.15) is 5.10 Å². The first-order chi connectivity index (χ1) is 12.1. The summed E-state index contributed by atoms with van der Waals surface area (Å²) in [4.78, 5) is 26.2. The third-order valence-electron chi connectivity index (χ3n) is 5.45. The normalized spacial score (nSPS) is 21.4. The van der Waals surface area contributed by atoms with Crippen LogP contribution in [0.25, 0.3) is 0 Å². The molecule has 0 aromatic carbocycles. The fourth-order valence-corrected chi connectivity index (χ4v) is 3.85. The van der Waals surface area contributed by atoms with Crippen molar-refractivity contribution in [3.63, 3.8) is 0 Å². The molecule has 2 fully saturated rings. The molecular formula is C18H28N4O3. The van der Waals surface area contributed by atoms with Gasteiger partial charge in [-0.3, -0.25) is 14.3 Å². The van der Waals surface area contributed by atoms with E-state index in [1.807, 2.05) is 4.90 Å². The molecule has 1 aromatic rings. The van der Waals surface area contributed by atoms with E-state index in [4.69, 9.17) is 4.74 Å². The summed E-state index contributed by atoms with van der Waals surface area (Å²) >= 11 is 0. The average Bonchev–Trinajstić information content (AvgIpc) is 3.17. The van der Waals surface area contributed by atoms with Crippen molar-refractivity contribution in [3.05, 3.63) is 18.0 Å². The molecule has 2 saturated heterocycles. The van der Waals surface area contributed by atoms with Gasteiger partial charge in [0.25, 0.3) is 5.91 Å². The second-order valence-electron chi connectivity index (χ2n) is 7.14. The Hall–Kier alpha value is -1.89. The number of carbonyl (C=O) groups excluding carboxylic acids is 2. The Balaban J connectivity index is 1.45. The van der Waals surface area contributed by atoms with E-state index in [9.17, 15) is 9.59 Å². The lowest BCUT2D eigenvalue weighted by molar-refractivity contribution is -0.165. The van der Waals surface area contributed by atoms with Crippen molar-refractivity contribution in [1.29, 1.82) is 0 Å². The Bertz CT molecular complexity index is 622. The Morgan fingerprint density at radius 3 is 2.92 bits per heavy atom. The number of hydrogen-bond donors (Lipinski definition) is 1. The molecule has 0 unspecified atom stereocenters. The Morgan fingerprint density at radius 1 is 1.44 bits per heavy atom. The largest absolute Gasteiger partial charge is 0.371 e. The van der Waals surface area contributed by atoms with Gasteiger partial charge in [0.05, 0.1) is 13.1 Å². The molecule has 7 heteroatoms. The van der Waals surface area contributed by atoms with E-state index in [1.165, 1.54) is 0 Å². The van der Waals surface area contributed by atoms with Crippen molar-refractivity contribution in [2.45, 2.75) is 44.6 Å². The average molecular weight is 348 g/mol. The zero-order valence-corrected chi connectivity index (χ0v) is 15.2. The fraction of sp³-hybridized carbons (Fsp3) is 0.722. The lowest BCUT2D eigenvalue weighted by Gasteiger charge is -2.50. The monoisotopic (exact) mass is 348 g/mol. The van der Waals surface area contributed by atoms with Crippen LogP contribution >= 0.6 is 0 Å². The van der Waals surface area contributed by atoms with Crippen molar-refractivity contribution in [2.24, 2.45) is 13.0 Å². The van der Waals surface area contributed by atoms with Crippen molar-refractivity contribution in [2.75, 3.05) is 26.2 Å². The predicted molar refractivity (Wildman–Crippen MR) is 93.1 cm³/mol. The highest BCUT2D eigenvalue weighted by molar-refractivity contribution is 5.92. The van der Waals surface area contributed by atoms with Gasteiger partial charge in [-0.1, -0.05) is 13.3 Å². The molecule has 138 valence electrons. The van der Waals surface area contributed by atoms with E-state index in [0.29, 0.717) is 37.7 Å². The van der Waals surface area contributed by atoms with E-state index in [-0.39, 0.29) is 17.4 Å². The molecule has 1 atom stereocenters. The van der Waals surface area contributed by atoms with Gasteiger partial charge in [-0.25, -0.2) is 0 Å². The number of hydrogen-bond acceptors (Lipinski definition) is 4. The number of amides is 2. The van der Waals surface area contributed by atoms with Gasteiger partial charge in [0.2, 0.25) is 5.91 Å². The molecule has 2 aliphatic rings. The van der Waals surface area contributed by atoms with Gasteiger partial charge in [0, 0.05) is 32.8 Å². The Labute approximate surface area is 148 Å². The standard InChI is InChI=1S/C18H28N4O3/c1-3-4-5-16(23)22-12-18(13-22)14(8-11-25-18)6-9-19-17(24)15-7-10-20-21(15)2/h7,10,14H,3-6,8-9,11-13H2,1-2H3,(H,19,24)/t14-/m1/s1. The van der Waals surface area contributed by atoms with Crippen molar-refractivity contribution in [3.8, 4) is 0 Å². The molecule has 1 aromatic heterocycles. The lowest BCUT2D eigenvalue weighted by atomic mass is 9.78. The number of aromatic nitrogens is 2. The zero-order chi connectivity index (χ0) is 17.9. The number of unbranched alkanes of at least 4 members (excludes halogenated alkanes) is 1. The van der Waals surface area contributed by atoms with Gasteiger partial charge >= 0.3 is 0 Å². The second-order valence-corrected chi connectivity index (χ2v) is 7.14. The summed E-state index contributed by atoms with van der Waals surface area (Å²) in [7, 11) is 1.76. The van der Waals surface area contributed by atoms with Crippen molar-refractivity contribution in [1.82, 2.24) is 20.0 Å². The van der Waals surface area contributed by atoms with E-state index in [0.717, 1.165) is 32.3 Å². The number of likely N-dealkylation sites (tertiary alicyclic amines) is 1. The predicted octanol–water partition coefficient (Wildman–Crippen LogP) is 1.35. The number of aryl methyl sites for hydroxylation is 1. The SMILES string of the molecule is CCCCC(=O)N1CC2(C1)OCC[C@H]2CCNC(=O)c1ccnn1C. The fourth-order valence-electron chi connectivity index (χ4n) is 3.85. The van der Waals surface area contributed by atoms with Gasteiger partial charge < -0.3 is 15.0 Å². The van der Waals surface area contributed by atoms with Crippen molar-refractivity contribution >= 4 is 11.8 Å². The van der Waals surface area contributed by atoms with Crippen LogP contribution in [-0.2, 0) is 16.6 Å². The molecule has 7 nitrogen and oxygen atoms in total. The third-order valence-corrected chi connectivity index (χ3v) is 5.45. The van der Waals surface area contributed by atoms with Crippen LogP contribution in [0.1, 0.15) is 49.5 Å². The molecule has 1 N–H and O–H groups in total. The van der Waals surface area contributed by atoms with Gasteiger partial charge in [-0.15, -0.1) is 0 Å². The maximum atomic E-state index is 12.1. The summed E-state index contributed by atoms with van der Waals surface area (Å²) in [5.74, 6) is 0.541. The van der Waals surface area contributed by atoms with Crippen LogP contribution in [0.4, 0.5) is 0 Å². The van der Waals surface area contributed by atoms with E-state index in [1.54, 1.807) is 24.0 Å². The van der Waals surface area contributed by atoms with E-state index < -0.39 is 0 Å². The van der Waals surface area contributed by atoms with Gasteiger partial charge in [0.1, 0.15) is 11.3 Å². The number of carbonyl (C=O) groups is 2. The van der Waals surface area contributed by atoms with Crippen LogP contribution in [0.2, 0.25) is 0 Å². The molecule has 3 heterocycles. The first-order valence-corrected chi connectivity index (χ1v) is 9.23. The summed E-state index contributed by atoms with van der Waals surface area (Å²) in [6.07, 6.45) is 6.12. The number of ether oxygens (including phenoxy) is 1. The van der Waals surface area contributed by atoms with Crippen molar-refractivity contribution < 1.29 is 14.3 Å². The topological polar surface area (TPSA) is 76.5 Å².